The maximum absolute atomic E-state index is 12.3. The number of alkyl halides is 3. The smallest absolute Gasteiger partial charge is 0.323 e. The number of anilines is 2. The van der Waals surface area contributed by atoms with Crippen molar-refractivity contribution in [3.8, 4) is 0 Å². The Morgan fingerprint density at radius 2 is 1.75 bits per heavy atom. The summed E-state index contributed by atoms with van der Waals surface area (Å²) in [5, 5.41) is 2.76. The fourth-order valence-electron chi connectivity index (χ4n) is 1.42. The van der Waals surface area contributed by atoms with Gasteiger partial charge in [-0.2, -0.15) is 13.2 Å². The van der Waals surface area contributed by atoms with E-state index >= 15 is 0 Å². The first-order valence-corrected chi connectivity index (χ1v) is 5.74. The van der Waals surface area contributed by atoms with Crippen molar-refractivity contribution in [3.05, 3.63) is 42.0 Å². The Labute approximate surface area is 113 Å². The van der Waals surface area contributed by atoms with Crippen LogP contribution in [0.2, 0.25) is 0 Å². The van der Waals surface area contributed by atoms with Crippen LogP contribution in [0.5, 0.6) is 0 Å². The number of halogens is 3. The molecule has 2 aromatic heterocycles. The molecule has 0 fully saturated rings. The lowest BCUT2D eigenvalue weighted by Gasteiger charge is -2.08. The molecule has 0 spiro atoms. The van der Waals surface area contributed by atoms with Gasteiger partial charge in [-0.05, 0) is 19.1 Å². The van der Waals surface area contributed by atoms with Gasteiger partial charge in [0, 0.05) is 18.4 Å². The van der Waals surface area contributed by atoms with Crippen LogP contribution in [0.3, 0.4) is 0 Å². The van der Waals surface area contributed by atoms with E-state index in [9.17, 15) is 13.2 Å². The summed E-state index contributed by atoms with van der Waals surface area (Å²) in [6, 6.07) is 3.23. The van der Waals surface area contributed by atoms with E-state index in [0.29, 0.717) is 11.4 Å². The Kier molecular flexibility index (Phi) is 3.84. The number of hydrogen-bond donors (Lipinski definition) is 2. The number of hydrogen-bond acceptors (Lipinski definition) is 5. The Bertz CT molecular complexity index is 563. The first-order chi connectivity index (χ1) is 9.36. The van der Waals surface area contributed by atoms with Crippen molar-refractivity contribution in [2.75, 3.05) is 5.32 Å². The van der Waals surface area contributed by atoms with Crippen LogP contribution in [0.25, 0.3) is 0 Å². The molecule has 0 aromatic carbocycles. The van der Waals surface area contributed by atoms with E-state index in [1.807, 2.05) is 0 Å². The largest absolute Gasteiger partial charge is 0.419 e. The number of nitrogens with one attached hydrogen (secondary N) is 1. The minimum atomic E-state index is -4.45. The van der Waals surface area contributed by atoms with E-state index in [1.54, 1.807) is 19.1 Å². The summed E-state index contributed by atoms with van der Waals surface area (Å²) in [6.07, 6.45) is -1.49. The molecule has 5 nitrogen and oxygen atoms in total. The van der Waals surface area contributed by atoms with Gasteiger partial charge in [0.1, 0.15) is 0 Å². The molecule has 0 aliphatic rings. The van der Waals surface area contributed by atoms with Gasteiger partial charge >= 0.3 is 6.18 Å². The maximum Gasteiger partial charge on any atom is 0.419 e. The van der Waals surface area contributed by atoms with Crippen LogP contribution in [0.1, 0.15) is 24.2 Å². The number of rotatable bonds is 3. The van der Waals surface area contributed by atoms with Gasteiger partial charge in [0.05, 0.1) is 23.1 Å². The van der Waals surface area contributed by atoms with Crippen LogP contribution in [-0.4, -0.2) is 15.0 Å². The van der Waals surface area contributed by atoms with E-state index < -0.39 is 11.7 Å². The van der Waals surface area contributed by atoms with Crippen molar-refractivity contribution >= 4 is 11.6 Å². The highest BCUT2D eigenvalue weighted by molar-refractivity contribution is 5.51. The monoisotopic (exact) mass is 283 g/mol. The summed E-state index contributed by atoms with van der Waals surface area (Å²) >= 11 is 0. The molecule has 0 amide bonds. The Hall–Kier alpha value is -2.22. The molecule has 1 unspecified atom stereocenters. The van der Waals surface area contributed by atoms with Crippen molar-refractivity contribution in [1.29, 1.82) is 0 Å². The van der Waals surface area contributed by atoms with Gasteiger partial charge in [0.25, 0.3) is 0 Å². The maximum atomic E-state index is 12.3. The highest BCUT2D eigenvalue weighted by Crippen LogP contribution is 2.28. The van der Waals surface area contributed by atoms with Gasteiger partial charge in [-0.1, -0.05) is 0 Å². The molecular formula is C12H12F3N5. The average molecular weight is 283 g/mol. The molecule has 0 radical (unpaired) electrons. The molecule has 106 valence electrons. The van der Waals surface area contributed by atoms with Gasteiger partial charge in [-0.25, -0.2) is 9.97 Å². The third kappa shape index (κ3) is 3.41. The zero-order valence-corrected chi connectivity index (χ0v) is 10.5. The minimum absolute atomic E-state index is 0.0633. The van der Waals surface area contributed by atoms with Gasteiger partial charge < -0.3 is 11.1 Å². The lowest BCUT2D eigenvalue weighted by Crippen LogP contribution is -2.08. The molecule has 0 saturated heterocycles. The predicted octanol–water partition coefficient (Wildman–Crippen LogP) is 2.65. The van der Waals surface area contributed by atoms with E-state index in [0.717, 1.165) is 12.4 Å². The zero-order valence-electron chi connectivity index (χ0n) is 10.5. The standard InChI is InChI=1S/C12H12F3N5/c1-7(16)10-3-2-9(6-17-10)20-11-18-4-8(5-19-11)12(13,14)15/h2-7H,16H2,1H3,(H,18,19,20). The van der Waals surface area contributed by atoms with Crippen LogP contribution < -0.4 is 11.1 Å². The van der Waals surface area contributed by atoms with Crippen molar-refractivity contribution in [2.24, 2.45) is 5.73 Å². The van der Waals surface area contributed by atoms with Crippen molar-refractivity contribution in [3.63, 3.8) is 0 Å². The Morgan fingerprint density at radius 3 is 2.20 bits per heavy atom. The van der Waals surface area contributed by atoms with Gasteiger partial charge in [0.2, 0.25) is 5.95 Å². The first-order valence-electron chi connectivity index (χ1n) is 5.74. The van der Waals surface area contributed by atoms with Crippen LogP contribution in [0.15, 0.2) is 30.7 Å². The van der Waals surface area contributed by atoms with Crippen molar-refractivity contribution in [1.82, 2.24) is 15.0 Å². The van der Waals surface area contributed by atoms with E-state index in [4.69, 9.17) is 5.73 Å². The van der Waals surface area contributed by atoms with Crippen LogP contribution >= 0.6 is 0 Å². The van der Waals surface area contributed by atoms with Crippen LogP contribution in [0, 0.1) is 0 Å². The highest BCUT2D eigenvalue weighted by atomic mass is 19.4. The SMILES string of the molecule is CC(N)c1ccc(Nc2ncc(C(F)(F)F)cn2)cn1. The quantitative estimate of drug-likeness (QED) is 0.905. The molecule has 2 rings (SSSR count). The molecule has 0 saturated carbocycles. The second kappa shape index (κ2) is 5.41. The molecule has 2 aromatic rings. The summed E-state index contributed by atoms with van der Waals surface area (Å²) < 4.78 is 37.0. The summed E-state index contributed by atoms with van der Waals surface area (Å²) in [6.45, 7) is 1.80. The van der Waals surface area contributed by atoms with E-state index in [-0.39, 0.29) is 12.0 Å². The van der Waals surface area contributed by atoms with Gasteiger partial charge in [0.15, 0.2) is 0 Å². The van der Waals surface area contributed by atoms with Crippen LogP contribution in [0.4, 0.5) is 24.8 Å². The summed E-state index contributed by atoms with van der Waals surface area (Å²) in [7, 11) is 0. The second-order valence-corrected chi connectivity index (χ2v) is 4.18. The number of nitrogens with two attached hydrogens (primary N) is 1. The molecule has 0 bridgehead atoms. The number of nitrogens with zero attached hydrogens (tertiary/aromatic N) is 3. The van der Waals surface area contributed by atoms with E-state index in [2.05, 4.69) is 20.3 Å². The van der Waals surface area contributed by atoms with Gasteiger partial charge in [-0.15, -0.1) is 0 Å². The summed E-state index contributed by atoms with van der Waals surface area (Å²) in [4.78, 5) is 11.3. The normalized spacial score (nSPS) is 13.1. The van der Waals surface area contributed by atoms with Crippen molar-refractivity contribution in [2.45, 2.75) is 19.1 Å². The molecule has 2 heterocycles. The molecule has 3 N–H and O–H groups in total. The fourth-order valence-corrected chi connectivity index (χ4v) is 1.42. The first kappa shape index (κ1) is 14.2. The topological polar surface area (TPSA) is 76.7 Å². The number of aromatic nitrogens is 3. The van der Waals surface area contributed by atoms with Gasteiger partial charge in [-0.3, -0.25) is 4.98 Å². The summed E-state index contributed by atoms with van der Waals surface area (Å²) in [5.41, 5.74) is 6.04. The molecule has 0 aliphatic carbocycles. The van der Waals surface area contributed by atoms with Crippen LogP contribution in [-0.2, 0) is 6.18 Å². The lowest BCUT2D eigenvalue weighted by molar-refractivity contribution is -0.138. The Balaban J connectivity index is 2.10. The average Bonchev–Trinajstić information content (AvgIpc) is 2.39. The highest BCUT2D eigenvalue weighted by Gasteiger charge is 2.31. The zero-order chi connectivity index (χ0) is 14.8. The number of pyridine rings is 1. The molecule has 0 aliphatic heterocycles. The third-order valence-electron chi connectivity index (χ3n) is 2.49. The second-order valence-electron chi connectivity index (χ2n) is 4.18. The lowest BCUT2D eigenvalue weighted by atomic mass is 10.2. The Morgan fingerprint density at radius 1 is 1.10 bits per heavy atom. The van der Waals surface area contributed by atoms with E-state index in [1.165, 1.54) is 6.20 Å². The predicted molar refractivity (Wildman–Crippen MR) is 67.2 cm³/mol. The summed E-state index contributed by atoms with van der Waals surface area (Å²) in [5.74, 6) is 0.0633. The fraction of sp³-hybridized carbons (Fsp3) is 0.250. The molecular weight excluding hydrogens is 271 g/mol. The minimum Gasteiger partial charge on any atom is -0.323 e. The molecule has 8 heteroatoms. The molecule has 20 heavy (non-hydrogen) atoms. The third-order valence-corrected chi connectivity index (χ3v) is 2.49. The molecule has 1 atom stereocenters. The van der Waals surface area contributed by atoms with Crippen molar-refractivity contribution < 1.29 is 13.2 Å².